The molecule has 3 aliphatic heterocycles. The second kappa shape index (κ2) is 11.2. The molecule has 0 radical (unpaired) electrons. The summed E-state index contributed by atoms with van der Waals surface area (Å²) in [5.74, 6) is 0.414. The molecule has 0 bridgehead atoms. The van der Waals surface area contributed by atoms with E-state index >= 15 is 0 Å². The Bertz CT molecular complexity index is 1110. The number of amides is 2. The van der Waals surface area contributed by atoms with Gasteiger partial charge in [0.05, 0.1) is 19.8 Å². The van der Waals surface area contributed by atoms with Gasteiger partial charge in [0.25, 0.3) is 5.91 Å². The number of benzene rings is 2. The van der Waals surface area contributed by atoms with Gasteiger partial charge in [-0.15, -0.1) is 0 Å². The van der Waals surface area contributed by atoms with Gasteiger partial charge in [-0.3, -0.25) is 14.5 Å². The summed E-state index contributed by atoms with van der Waals surface area (Å²) in [4.78, 5) is 29.6. The predicted molar refractivity (Wildman–Crippen MR) is 136 cm³/mol. The lowest BCUT2D eigenvalue weighted by molar-refractivity contribution is -0.126. The van der Waals surface area contributed by atoms with Crippen molar-refractivity contribution in [2.24, 2.45) is 0 Å². The van der Waals surface area contributed by atoms with Crippen molar-refractivity contribution >= 4 is 11.8 Å². The highest BCUT2D eigenvalue weighted by Crippen LogP contribution is 2.34. The van der Waals surface area contributed by atoms with Gasteiger partial charge in [0.15, 0.2) is 0 Å². The lowest BCUT2D eigenvalue weighted by Crippen LogP contribution is -2.49. The van der Waals surface area contributed by atoms with Crippen molar-refractivity contribution in [2.75, 3.05) is 39.4 Å². The molecule has 0 spiro atoms. The second-order valence-electron chi connectivity index (χ2n) is 9.60. The molecule has 0 aliphatic carbocycles. The highest BCUT2D eigenvalue weighted by Gasteiger charge is 2.39. The zero-order valence-corrected chi connectivity index (χ0v) is 20.6. The molecule has 5 rings (SSSR count). The maximum Gasteiger partial charge on any atom is 0.255 e. The van der Waals surface area contributed by atoms with Gasteiger partial charge < -0.3 is 25.0 Å². The highest BCUT2D eigenvalue weighted by molar-refractivity contribution is 6.02. The van der Waals surface area contributed by atoms with E-state index in [9.17, 15) is 9.59 Å². The fraction of sp³-hybridized carbons (Fsp3) is 0.429. The fourth-order valence-electron chi connectivity index (χ4n) is 4.98. The van der Waals surface area contributed by atoms with Crippen LogP contribution in [0.5, 0.6) is 5.75 Å². The van der Waals surface area contributed by atoms with Gasteiger partial charge in [-0.05, 0) is 36.1 Å². The van der Waals surface area contributed by atoms with Crippen LogP contribution >= 0.6 is 0 Å². The largest absolute Gasteiger partial charge is 0.489 e. The van der Waals surface area contributed by atoms with Crippen molar-refractivity contribution in [1.29, 1.82) is 0 Å². The van der Waals surface area contributed by atoms with E-state index < -0.39 is 6.04 Å². The number of fused-ring (bicyclic) bond motifs is 1. The van der Waals surface area contributed by atoms with E-state index in [1.165, 1.54) is 5.56 Å². The summed E-state index contributed by atoms with van der Waals surface area (Å²) < 4.78 is 11.5. The van der Waals surface area contributed by atoms with Crippen molar-refractivity contribution in [3.63, 3.8) is 0 Å². The Labute approximate surface area is 212 Å². The maximum atomic E-state index is 13.0. The first-order chi connectivity index (χ1) is 17.6. The SMILES string of the molecule is C=C1CCC(N2Cc3c(OCc4ccc(CNCCN5CCOCC5)cc4)cccc3C2=O)C(=O)N1. The van der Waals surface area contributed by atoms with Gasteiger partial charge in [0.2, 0.25) is 5.91 Å². The molecule has 2 aromatic carbocycles. The standard InChI is InChI=1S/C28H34N4O4/c1-20-5-10-25(27(33)30-20)32-18-24-23(28(32)34)3-2-4-26(24)36-19-22-8-6-21(7-9-22)17-29-11-12-31-13-15-35-16-14-31/h2-4,6-9,25,29H,1,5,10-19H2,(H,30,33). The van der Waals surface area contributed by atoms with Crippen LogP contribution in [-0.2, 0) is 29.2 Å². The van der Waals surface area contributed by atoms with E-state index in [0.29, 0.717) is 43.0 Å². The first kappa shape index (κ1) is 24.5. The molecule has 2 aromatic rings. The van der Waals surface area contributed by atoms with E-state index in [2.05, 4.69) is 46.4 Å². The molecule has 2 N–H and O–H groups in total. The Morgan fingerprint density at radius 1 is 1.08 bits per heavy atom. The number of hydrogen-bond acceptors (Lipinski definition) is 6. The maximum absolute atomic E-state index is 13.0. The van der Waals surface area contributed by atoms with Crippen molar-refractivity contribution in [3.8, 4) is 5.75 Å². The van der Waals surface area contributed by atoms with E-state index in [0.717, 1.165) is 57.1 Å². The minimum absolute atomic E-state index is 0.117. The van der Waals surface area contributed by atoms with Crippen LogP contribution in [-0.4, -0.2) is 67.0 Å². The number of piperidine rings is 1. The highest BCUT2D eigenvalue weighted by atomic mass is 16.5. The van der Waals surface area contributed by atoms with Crippen molar-refractivity contribution in [1.82, 2.24) is 20.4 Å². The second-order valence-corrected chi connectivity index (χ2v) is 9.60. The first-order valence-electron chi connectivity index (χ1n) is 12.7. The smallest absolute Gasteiger partial charge is 0.255 e. The molecule has 2 amide bonds. The molecular weight excluding hydrogens is 456 g/mol. The summed E-state index contributed by atoms with van der Waals surface area (Å²) in [7, 11) is 0. The van der Waals surface area contributed by atoms with Crippen LogP contribution in [0, 0.1) is 0 Å². The van der Waals surface area contributed by atoms with Crippen LogP contribution in [0.4, 0.5) is 0 Å². The minimum atomic E-state index is -0.474. The van der Waals surface area contributed by atoms with E-state index in [-0.39, 0.29) is 11.8 Å². The third-order valence-electron chi connectivity index (χ3n) is 7.11. The Balaban J connectivity index is 1.13. The Kier molecular flexibility index (Phi) is 7.65. The number of hydrogen-bond donors (Lipinski definition) is 2. The minimum Gasteiger partial charge on any atom is -0.489 e. The average Bonchev–Trinajstić information content (AvgIpc) is 3.23. The third kappa shape index (κ3) is 5.61. The Hall–Kier alpha value is -3.20. The number of nitrogens with one attached hydrogen (secondary N) is 2. The molecule has 36 heavy (non-hydrogen) atoms. The number of carbonyl (C=O) groups is 2. The zero-order chi connectivity index (χ0) is 24.9. The molecule has 2 saturated heterocycles. The topological polar surface area (TPSA) is 83.1 Å². The van der Waals surface area contributed by atoms with Gasteiger partial charge in [-0.2, -0.15) is 0 Å². The molecule has 0 saturated carbocycles. The summed E-state index contributed by atoms with van der Waals surface area (Å²) in [6, 6.07) is 13.5. The summed E-state index contributed by atoms with van der Waals surface area (Å²) in [5.41, 5.74) is 4.47. The van der Waals surface area contributed by atoms with Crippen molar-refractivity contribution < 1.29 is 19.1 Å². The van der Waals surface area contributed by atoms with Gasteiger partial charge in [-0.25, -0.2) is 0 Å². The fourth-order valence-corrected chi connectivity index (χ4v) is 4.98. The Morgan fingerprint density at radius 2 is 1.86 bits per heavy atom. The molecule has 2 fully saturated rings. The Morgan fingerprint density at radius 3 is 2.64 bits per heavy atom. The summed E-state index contributed by atoms with van der Waals surface area (Å²) >= 11 is 0. The number of carbonyl (C=O) groups excluding carboxylic acids is 2. The number of rotatable bonds is 9. The molecule has 1 atom stereocenters. The molecule has 0 aromatic heterocycles. The molecule has 3 aliphatic rings. The van der Waals surface area contributed by atoms with E-state index in [1.807, 2.05) is 18.2 Å². The van der Waals surface area contributed by atoms with Gasteiger partial charge in [-0.1, -0.05) is 36.9 Å². The van der Waals surface area contributed by atoms with E-state index in [4.69, 9.17) is 9.47 Å². The lowest BCUT2D eigenvalue weighted by Gasteiger charge is -2.31. The molecule has 8 heteroatoms. The third-order valence-corrected chi connectivity index (χ3v) is 7.11. The van der Waals surface area contributed by atoms with Crippen LogP contribution in [0.15, 0.2) is 54.7 Å². The lowest BCUT2D eigenvalue weighted by atomic mass is 10.0. The summed E-state index contributed by atoms with van der Waals surface area (Å²) in [6.45, 7) is 11.1. The van der Waals surface area contributed by atoms with Gasteiger partial charge in [0, 0.05) is 49.5 Å². The van der Waals surface area contributed by atoms with Crippen LogP contribution in [0.25, 0.3) is 0 Å². The number of nitrogens with zero attached hydrogens (tertiary/aromatic N) is 2. The van der Waals surface area contributed by atoms with Crippen molar-refractivity contribution in [3.05, 3.63) is 77.0 Å². The first-order valence-corrected chi connectivity index (χ1v) is 12.7. The van der Waals surface area contributed by atoms with Crippen LogP contribution < -0.4 is 15.4 Å². The molecule has 8 nitrogen and oxygen atoms in total. The zero-order valence-electron chi connectivity index (χ0n) is 20.6. The number of morpholine rings is 1. The summed E-state index contributed by atoms with van der Waals surface area (Å²) in [5, 5.41) is 6.29. The molecule has 3 heterocycles. The van der Waals surface area contributed by atoms with Crippen molar-refractivity contribution in [2.45, 2.75) is 38.6 Å². The molecular formula is C28H34N4O4. The van der Waals surface area contributed by atoms with Crippen LogP contribution in [0.3, 0.4) is 0 Å². The van der Waals surface area contributed by atoms with Gasteiger partial charge in [0.1, 0.15) is 18.4 Å². The molecule has 1 unspecified atom stereocenters. The van der Waals surface area contributed by atoms with Gasteiger partial charge >= 0.3 is 0 Å². The predicted octanol–water partition coefficient (Wildman–Crippen LogP) is 2.44. The van der Waals surface area contributed by atoms with Crippen LogP contribution in [0.2, 0.25) is 0 Å². The van der Waals surface area contributed by atoms with E-state index in [1.54, 1.807) is 4.90 Å². The van der Waals surface area contributed by atoms with Crippen LogP contribution in [0.1, 0.15) is 39.9 Å². The summed E-state index contributed by atoms with van der Waals surface area (Å²) in [6.07, 6.45) is 1.27. The quantitative estimate of drug-likeness (QED) is 0.526. The number of allylic oxidation sites excluding steroid dienone is 1. The average molecular weight is 491 g/mol. The molecule has 190 valence electrons. The number of ether oxygens (including phenoxy) is 2. The normalized spacial score (nSPS) is 20.4. The monoisotopic (exact) mass is 490 g/mol.